The lowest BCUT2D eigenvalue weighted by Gasteiger charge is -2.07. The molecule has 2 nitrogen and oxygen atoms in total. The lowest BCUT2D eigenvalue weighted by atomic mass is 10.0. The average molecular weight is 230 g/mol. The number of nitriles is 1. The third-order valence-corrected chi connectivity index (χ3v) is 2.42. The van der Waals surface area contributed by atoms with Crippen LogP contribution in [-0.4, -0.2) is 0 Å². The van der Waals surface area contributed by atoms with E-state index in [2.05, 4.69) is 0 Å². The van der Waals surface area contributed by atoms with E-state index in [0.717, 1.165) is 6.07 Å². The highest BCUT2D eigenvalue weighted by molar-refractivity contribution is 5.80. The van der Waals surface area contributed by atoms with Gasteiger partial charge in [0.05, 0.1) is 11.3 Å². The summed E-state index contributed by atoms with van der Waals surface area (Å²) in [6.07, 6.45) is 0. The van der Waals surface area contributed by atoms with Gasteiger partial charge in [-0.2, -0.15) is 5.26 Å². The van der Waals surface area contributed by atoms with Crippen molar-refractivity contribution in [2.75, 3.05) is 5.73 Å². The summed E-state index contributed by atoms with van der Waals surface area (Å²) in [7, 11) is 0. The quantitative estimate of drug-likeness (QED) is 0.765. The van der Waals surface area contributed by atoms with Crippen LogP contribution in [0, 0.1) is 23.0 Å². The molecule has 2 N–H and O–H groups in total. The van der Waals surface area contributed by atoms with Crippen molar-refractivity contribution in [1.82, 2.24) is 0 Å². The minimum atomic E-state index is -0.546. The van der Waals surface area contributed by atoms with Crippen LogP contribution in [0.25, 0.3) is 11.1 Å². The van der Waals surface area contributed by atoms with Crippen molar-refractivity contribution in [3.63, 3.8) is 0 Å². The largest absolute Gasteiger partial charge is 0.397 e. The molecule has 2 aromatic rings. The van der Waals surface area contributed by atoms with Gasteiger partial charge in [-0.1, -0.05) is 12.1 Å². The van der Waals surface area contributed by atoms with Gasteiger partial charge in [-0.05, 0) is 29.8 Å². The molecule has 0 aromatic heterocycles. The molecule has 0 aliphatic heterocycles. The first-order valence-corrected chi connectivity index (χ1v) is 4.87. The van der Waals surface area contributed by atoms with Crippen molar-refractivity contribution in [1.29, 1.82) is 5.26 Å². The van der Waals surface area contributed by atoms with Crippen LogP contribution in [-0.2, 0) is 0 Å². The predicted octanol–water partition coefficient (Wildman–Crippen LogP) is 3.09. The van der Waals surface area contributed by atoms with E-state index in [0.29, 0.717) is 11.1 Å². The van der Waals surface area contributed by atoms with Crippen molar-refractivity contribution in [3.05, 3.63) is 53.6 Å². The van der Waals surface area contributed by atoms with E-state index in [4.69, 9.17) is 11.0 Å². The molecule has 0 unspecified atom stereocenters. The molecule has 84 valence electrons. The topological polar surface area (TPSA) is 49.8 Å². The molecule has 4 heteroatoms. The van der Waals surface area contributed by atoms with E-state index in [1.807, 2.05) is 6.07 Å². The molecule has 0 saturated heterocycles. The van der Waals surface area contributed by atoms with E-state index in [1.165, 1.54) is 30.3 Å². The number of halogens is 2. The van der Waals surface area contributed by atoms with E-state index < -0.39 is 5.82 Å². The van der Waals surface area contributed by atoms with Crippen molar-refractivity contribution >= 4 is 5.69 Å². The minimum absolute atomic E-state index is 0.0734. The summed E-state index contributed by atoms with van der Waals surface area (Å²) in [6.45, 7) is 0. The number of nitrogens with zero attached hydrogens (tertiary/aromatic N) is 1. The molecule has 0 saturated carbocycles. The van der Waals surface area contributed by atoms with Crippen molar-refractivity contribution in [3.8, 4) is 17.2 Å². The van der Waals surface area contributed by atoms with Crippen LogP contribution >= 0.6 is 0 Å². The second-order valence-corrected chi connectivity index (χ2v) is 3.53. The molecule has 2 rings (SSSR count). The van der Waals surface area contributed by atoms with Gasteiger partial charge >= 0.3 is 0 Å². The van der Waals surface area contributed by atoms with Crippen LogP contribution in [0.1, 0.15) is 5.56 Å². The van der Waals surface area contributed by atoms with Gasteiger partial charge < -0.3 is 5.73 Å². The lowest BCUT2D eigenvalue weighted by Crippen LogP contribution is -1.96. The Morgan fingerprint density at radius 1 is 1.00 bits per heavy atom. The van der Waals surface area contributed by atoms with Gasteiger partial charge in [0.25, 0.3) is 0 Å². The van der Waals surface area contributed by atoms with E-state index in [1.54, 1.807) is 0 Å². The number of nitrogens with two attached hydrogens (primary N) is 1. The smallest absolute Gasteiger partial charge is 0.125 e. The Bertz CT molecular complexity index is 598. The Labute approximate surface area is 96.9 Å². The summed E-state index contributed by atoms with van der Waals surface area (Å²) in [5.41, 5.74) is 6.98. The molecule has 0 bridgehead atoms. The summed E-state index contributed by atoms with van der Waals surface area (Å²) in [5, 5.41) is 8.80. The highest BCUT2D eigenvalue weighted by atomic mass is 19.1. The maximum atomic E-state index is 13.3. The Hall–Kier alpha value is -2.41. The molecule has 2 aromatic carbocycles. The molecule has 0 spiro atoms. The van der Waals surface area contributed by atoms with E-state index in [-0.39, 0.29) is 17.1 Å². The molecule has 0 aliphatic rings. The zero-order valence-electron chi connectivity index (χ0n) is 8.74. The van der Waals surface area contributed by atoms with Crippen LogP contribution < -0.4 is 5.73 Å². The Morgan fingerprint density at radius 2 is 1.65 bits per heavy atom. The van der Waals surface area contributed by atoms with Gasteiger partial charge in [-0.25, -0.2) is 8.78 Å². The number of nitrogen functional groups attached to an aromatic ring is 1. The highest BCUT2D eigenvalue weighted by Gasteiger charge is 2.09. The lowest BCUT2D eigenvalue weighted by molar-refractivity contribution is 0.627. The predicted molar refractivity (Wildman–Crippen MR) is 60.9 cm³/mol. The summed E-state index contributed by atoms with van der Waals surface area (Å²) in [4.78, 5) is 0. The second-order valence-electron chi connectivity index (χ2n) is 3.53. The molecule has 0 atom stereocenters. The van der Waals surface area contributed by atoms with Gasteiger partial charge in [0.15, 0.2) is 0 Å². The summed E-state index contributed by atoms with van der Waals surface area (Å²) in [6, 6.07) is 9.60. The molecule has 0 heterocycles. The first-order chi connectivity index (χ1) is 8.11. The maximum Gasteiger partial charge on any atom is 0.125 e. The average Bonchev–Trinajstić information content (AvgIpc) is 2.33. The number of anilines is 1. The first kappa shape index (κ1) is 11.1. The summed E-state index contributed by atoms with van der Waals surface area (Å²) in [5.74, 6) is -0.931. The summed E-state index contributed by atoms with van der Waals surface area (Å²) >= 11 is 0. The Balaban J connectivity index is 2.63. The third-order valence-electron chi connectivity index (χ3n) is 2.42. The molecule has 0 radical (unpaired) electrons. The number of rotatable bonds is 1. The van der Waals surface area contributed by atoms with Crippen molar-refractivity contribution in [2.45, 2.75) is 0 Å². The third kappa shape index (κ3) is 2.08. The van der Waals surface area contributed by atoms with Crippen LogP contribution in [0.3, 0.4) is 0 Å². The standard InChI is InChI=1S/C13H8F2N2/c14-10-3-1-8(2-4-10)12-6-11(15)5-9(7-16)13(12)17/h1-6H,17H2. The van der Waals surface area contributed by atoms with Gasteiger partial charge in [0.1, 0.15) is 17.7 Å². The van der Waals surface area contributed by atoms with Crippen LogP contribution in [0.5, 0.6) is 0 Å². The fourth-order valence-electron chi connectivity index (χ4n) is 1.58. The number of hydrogen-bond donors (Lipinski definition) is 1. The molecule has 0 amide bonds. The molecule has 17 heavy (non-hydrogen) atoms. The monoisotopic (exact) mass is 230 g/mol. The minimum Gasteiger partial charge on any atom is -0.397 e. The Morgan fingerprint density at radius 3 is 2.24 bits per heavy atom. The fourth-order valence-corrected chi connectivity index (χ4v) is 1.58. The molecular weight excluding hydrogens is 222 g/mol. The van der Waals surface area contributed by atoms with Gasteiger partial charge in [0, 0.05) is 5.56 Å². The first-order valence-electron chi connectivity index (χ1n) is 4.87. The highest BCUT2D eigenvalue weighted by Crippen LogP contribution is 2.29. The number of hydrogen-bond acceptors (Lipinski definition) is 2. The Kier molecular flexibility index (Phi) is 2.75. The zero-order chi connectivity index (χ0) is 12.4. The SMILES string of the molecule is N#Cc1cc(F)cc(-c2ccc(F)cc2)c1N. The summed E-state index contributed by atoms with van der Waals surface area (Å²) < 4.78 is 26.0. The van der Waals surface area contributed by atoms with Gasteiger partial charge in [-0.15, -0.1) is 0 Å². The van der Waals surface area contributed by atoms with E-state index >= 15 is 0 Å². The van der Waals surface area contributed by atoms with Crippen LogP contribution in [0.4, 0.5) is 14.5 Å². The zero-order valence-corrected chi connectivity index (χ0v) is 8.74. The normalized spacial score (nSPS) is 9.94. The van der Waals surface area contributed by atoms with Crippen LogP contribution in [0.2, 0.25) is 0 Å². The van der Waals surface area contributed by atoms with Gasteiger partial charge in [-0.3, -0.25) is 0 Å². The maximum absolute atomic E-state index is 13.3. The fraction of sp³-hybridized carbons (Fsp3) is 0. The van der Waals surface area contributed by atoms with E-state index in [9.17, 15) is 8.78 Å². The molecule has 0 aliphatic carbocycles. The van der Waals surface area contributed by atoms with Crippen LogP contribution in [0.15, 0.2) is 36.4 Å². The molecular formula is C13H8F2N2. The van der Waals surface area contributed by atoms with Crippen molar-refractivity contribution < 1.29 is 8.78 Å². The van der Waals surface area contributed by atoms with Gasteiger partial charge in [0.2, 0.25) is 0 Å². The second kappa shape index (κ2) is 4.22. The van der Waals surface area contributed by atoms with Crippen molar-refractivity contribution in [2.24, 2.45) is 0 Å². The number of benzene rings is 2. The molecule has 0 fully saturated rings.